The van der Waals surface area contributed by atoms with Gasteiger partial charge >= 0.3 is 0 Å². The summed E-state index contributed by atoms with van der Waals surface area (Å²) in [5, 5.41) is 4.16. The van der Waals surface area contributed by atoms with Crippen molar-refractivity contribution in [1.29, 1.82) is 0 Å². The van der Waals surface area contributed by atoms with E-state index >= 15 is 0 Å². The number of nitrogens with zero attached hydrogens (tertiary/aromatic N) is 1. The highest BCUT2D eigenvalue weighted by Crippen LogP contribution is 2.30. The molecule has 126 valence electrons. The van der Waals surface area contributed by atoms with Crippen molar-refractivity contribution < 1.29 is 9.53 Å². The SMILES string of the molecule is O=C(Nc1ccc(N2CCOCC2)c(Cl)c1)c1ccc(Cl)cc1Cl. The predicted octanol–water partition coefficient (Wildman–Crippen LogP) is 4.74. The van der Waals surface area contributed by atoms with Crippen molar-refractivity contribution in [3.63, 3.8) is 0 Å². The number of amides is 1. The summed E-state index contributed by atoms with van der Waals surface area (Å²) in [6.07, 6.45) is 0. The minimum atomic E-state index is -0.313. The number of morpholine rings is 1. The molecule has 1 aliphatic rings. The lowest BCUT2D eigenvalue weighted by Crippen LogP contribution is -2.36. The smallest absolute Gasteiger partial charge is 0.257 e. The van der Waals surface area contributed by atoms with E-state index in [1.165, 1.54) is 6.07 Å². The Hall–Kier alpha value is -1.46. The van der Waals surface area contributed by atoms with E-state index in [0.29, 0.717) is 39.5 Å². The third kappa shape index (κ3) is 3.95. The molecule has 0 saturated carbocycles. The van der Waals surface area contributed by atoms with Crippen molar-refractivity contribution in [2.24, 2.45) is 0 Å². The third-order valence-corrected chi connectivity index (χ3v) is 4.58. The van der Waals surface area contributed by atoms with Gasteiger partial charge in [0.15, 0.2) is 0 Å². The first-order valence-corrected chi connectivity index (χ1v) is 8.56. The Balaban J connectivity index is 1.75. The second kappa shape index (κ2) is 7.62. The first-order valence-electron chi connectivity index (χ1n) is 7.43. The molecule has 1 amide bonds. The van der Waals surface area contributed by atoms with E-state index in [-0.39, 0.29) is 5.91 Å². The monoisotopic (exact) mass is 384 g/mol. The van der Waals surface area contributed by atoms with Crippen molar-refractivity contribution >= 4 is 52.1 Å². The fraction of sp³-hybridized carbons (Fsp3) is 0.235. The van der Waals surface area contributed by atoms with Gasteiger partial charge in [-0.2, -0.15) is 0 Å². The number of rotatable bonds is 3. The first-order chi connectivity index (χ1) is 11.5. The maximum Gasteiger partial charge on any atom is 0.257 e. The Labute approximate surface area is 155 Å². The molecule has 1 saturated heterocycles. The van der Waals surface area contributed by atoms with Gasteiger partial charge in [0, 0.05) is 23.8 Å². The van der Waals surface area contributed by atoms with Gasteiger partial charge in [-0.25, -0.2) is 0 Å². The normalized spacial score (nSPS) is 14.5. The third-order valence-electron chi connectivity index (χ3n) is 3.73. The van der Waals surface area contributed by atoms with Gasteiger partial charge in [-0.3, -0.25) is 4.79 Å². The van der Waals surface area contributed by atoms with Crippen molar-refractivity contribution in [2.75, 3.05) is 36.5 Å². The molecule has 4 nitrogen and oxygen atoms in total. The minimum Gasteiger partial charge on any atom is -0.378 e. The molecule has 1 N–H and O–H groups in total. The van der Waals surface area contributed by atoms with Gasteiger partial charge in [0.25, 0.3) is 5.91 Å². The molecular formula is C17H15Cl3N2O2. The number of benzene rings is 2. The van der Waals surface area contributed by atoms with Crippen LogP contribution in [0.3, 0.4) is 0 Å². The number of halogens is 3. The highest BCUT2D eigenvalue weighted by Gasteiger charge is 2.16. The highest BCUT2D eigenvalue weighted by atomic mass is 35.5. The molecule has 1 heterocycles. The molecule has 2 aromatic carbocycles. The maximum absolute atomic E-state index is 12.3. The van der Waals surface area contributed by atoms with Gasteiger partial charge < -0.3 is 15.0 Å². The summed E-state index contributed by atoms with van der Waals surface area (Å²) in [4.78, 5) is 14.5. The molecule has 0 bridgehead atoms. The molecule has 1 aliphatic heterocycles. The summed E-state index contributed by atoms with van der Waals surface area (Å²) in [5.41, 5.74) is 1.89. The zero-order chi connectivity index (χ0) is 17.1. The van der Waals surface area contributed by atoms with E-state index in [1.807, 2.05) is 12.1 Å². The van der Waals surface area contributed by atoms with E-state index < -0.39 is 0 Å². The van der Waals surface area contributed by atoms with E-state index in [1.54, 1.807) is 18.2 Å². The molecular weight excluding hydrogens is 371 g/mol. The van der Waals surface area contributed by atoms with Crippen LogP contribution in [0.4, 0.5) is 11.4 Å². The molecule has 1 fully saturated rings. The van der Waals surface area contributed by atoms with Crippen LogP contribution in [0.5, 0.6) is 0 Å². The summed E-state index contributed by atoms with van der Waals surface area (Å²) in [6.45, 7) is 2.96. The summed E-state index contributed by atoms with van der Waals surface area (Å²) >= 11 is 18.3. The van der Waals surface area contributed by atoms with Crippen molar-refractivity contribution in [3.8, 4) is 0 Å². The lowest BCUT2D eigenvalue weighted by atomic mass is 10.2. The lowest BCUT2D eigenvalue weighted by Gasteiger charge is -2.29. The van der Waals surface area contributed by atoms with Crippen LogP contribution in [-0.2, 0) is 4.74 Å². The van der Waals surface area contributed by atoms with Crippen LogP contribution in [0, 0.1) is 0 Å². The average molecular weight is 386 g/mol. The van der Waals surface area contributed by atoms with E-state index in [2.05, 4.69) is 10.2 Å². The fourth-order valence-corrected chi connectivity index (χ4v) is 3.31. The van der Waals surface area contributed by atoms with Gasteiger partial charge in [-0.1, -0.05) is 34.8 Å². The zero-order valence-corrected chi connectivity index (χ0v) is 15.0. The first kappa shape index (κ1) is 17.4. The van der Waals surface area contributed by atoms with Crippen molar-refractivity contribution in [3.05, 3.63) is 57.0 Å². The van der Waals surface area contributed by atoms with E-state index in [4.69, 9.17) is 39.5 Å². The Bertz CT molecular complexity index is 761. The lowest BCUT2D eigenvalue weighted by molar-refractivity contribution is 0.102. The number of ether oxygens (including phenoxy) is 1. The van der Waals surface area contributed by atoms with Gasteiger partial charge in [0.1, 0.15) is 0 Å². The molecule has 7 heteroatoms. The van der Waals surface area contributed by atoms with Gasteiger partial charge in [0.2, 0.25) is 0 Å². The predicted molar refractivity (Wildman–Crippen MR) is 98.9 cm³/mol. The van der Waals surface area contributed by atoms with Crippen LogP contribution in [0.1, 0.15) is 10.4 Å². The number of carbonyl (C=O) groups excluding carboxylic acids is 1. The Kier molecular flexibility index (Phi) is 5.51. The zero-order valence-electron chi connectivity index (χ0n) is 12.7. The van der Waals surface area contributed by atoms with Crippen LogP contribution in [0.15, 0.2) is 36.4 Å². The molecule has 24 heavy (non-hydrogen) atoms. The standard InChI is InChI=1S/C17H15Cl3N2O2/c18-11-1-3-13(14(19)9-11)17(23)21-12-2-4-16(15(20)10-12)22-5-7-24-8-6-22/h1-4,9-10H,5-8H2,(H,21,23). The van der Waals surface area contributed by atoms with E-state index in [9.17, 15) is 4.79 Å². The van der Waals surface area contributed by atoms with E-state index in [0.717, 1.165) is 18.8 Å². The molecule has 0 aliphatic carbocycles. The minimum absolute atomic E-state index is 0.302. The largest absolute Gasteiger partial charge is 0.378 e. The van der Waals surface area contributed by atoms with Gasteiger partial charge in [-0.15, -0.1) is 0 Å². The second-order valence-electron chi connectivity index (χ2n) is 5.34. The molecule has 0 spiro atoms. The number of nitrogens with one attached hydrogen (secondary N) is 1. The van der Waals surface area contributed by atoms with Crippen molar-refractivity contribution in [2.45, 2.75) is 0 Å². The highest BCUT2D eigenvalue weighted by molar-refractivity contribution is 6.37. The van der Waals surface area contributed by atoms with Crippen LogP contribution < -0.4 is 10.2 Å². The topological polar surface area (TPSA) is 41.6 Å². The molecule has 0 aromatic heterocycles. The molecule has 0 radical (unpaired) electrons. The summed E-state index contributed by atoms with van der Waals surface area (Å²) in [7, 11) is 0. The summed E-state index contributed by atoms with van der Waals surface area (Å²) in [5.74, 6) is -0.313. The average Bonchev–Trinajstić information content (AvgIpc) is 2.55. The summed E-state index contributed by atoms with van der Waals surface area (Å²) < 4.78 is 5.34. The van der Waals surface area contributed by atoms with Crippen LogP contribution in [0.2, 0.25) is 15.1 Å². The molecule has 3 rings (SSSR count). The quantitative estimate of drug-likeness (QED) is 0.830. The van der Waals surface area contributed by atoms with Gasteiger partial charge in [-0.05, 0) is 36.4 Å². The second-order valence-corrected chi connectivity index (χ2v) is 6.59. The fourth-order valence-electron chi connectivity index (χ4n) is 2.52. The number of hydrogen-bond acceptors (Lipinski definition) is 3. The molecule has 2 aromatic rings. The Morgan fingerprint density at radius 1 is 1.00 bits per heavy atom. The van der Waals surface area contributed by atoms with Gasteiger partial charge in [0.05, 0.1) is 34.5 Å². The molecule has 0 atom stereocenters. The number of carbonyl (C=O) groups is 1. The van der Waals surface area contributed by atoms with Crippen LogP contribution in [0.25, 0.3) is 0 Å². The van der Waals surface area contributed by atoms with Crippen LogP contribution >= 0.6 is 34.8 Å². The van der Waals surface area contributed by atoms with Crippen molar-refractivity contribution in [1.82, 2.24) is 0 Å². The number of hydrogen-bond donors (Lipinski definition) is 1. The summed E-state index contributed by atoms with van der Waals surface area (Å²) in [6, 6.07) is 10.2. The maximum atomic E-state index is 12.3. The Morgan fingerprint density at radius 2 is 1.75 bits per heavy atom. The Morgan fingerprint density at radius 3 is 2.42 bits per heavy atom. The number of anilines is 2. The molecule has 0 unspecified atom stereocenters. The van der Waals surface area contributed by atoms with Crippen LogP contribution in [-0.4, -0.2) is 32.2 Å².